The Morgan fingerprint density at radius 1 is 1.16 bits per heavy atom. The van der Waals surface area contributed by atoms with Crippen molar-refractivity contribution in [2.24, 2.45) is 11.3 Å². The molecule has 1 fully saturated rings. The molecule has 1 aromatic carbocycles. The van der Waals surface area contributed by atoms with Crippen LogP contribution in [0.4, 0.5) is 0 Å². The Hall–Kier alpha value is -1.88. The molecule has 1 aliphatic heterocycles. The van der Waals surface area contributed by atoms with Gasteiger partial charge in [0.25, 0.3) is 11.8 Å². The lowest BCUT2D eigenvalue weighted by Crippen LogP contribution is -2.38. The van der Waals surface area contributed by atoms with Gasteiger partial charge in [-0.15, -0.1) is 0 Å². The summed E-state index contributed by atoms with van der Waals surface area (Å²) in [5, 5.41) is 5.83. The zero-order valence-electron chi connectivity index (χ0n) is 15.7. The Morgan fingerprint density at radius 2 is 1.80 bits per heavy atom. The number of nitrogens with one attached hydrogen (secondary N) is 2. The molecule has 1 heterocycles. The predicted molar refractivity (Wildman–Crippen MR) is 98.7 cm³/mol. The minimum absolute atomic E-state index is 0.0587. The van der Waals surface area contributed by atoms with Crippen molar-refractivity contribution < 1.29 is 14.3 Å². The number of carbonyl (C=O) groups excluding carboxylic acids is 2. The highest BCUT2D eigenvalue weighted by Crippen LogP contribution is 2.34. The molecular formula is C20H30N2O3. The molecule has 2 amide bonds. The minimum atomic E-state index is -0.148. The maximum absolute atomic E-state index is 12.5. The first-order chi connectivity index (χ1) is 11.8. The predicted octanol–water partition coefficient (Wildman–Crippen LogP) is 3.01. The largest absolute Gasteiger partial charge is 0.377 e. The van der Waals surface area contributed by atoms with E-state index in [1.807, 2.05) is 6.92 Å². The summed E-state index contributed by atoms with van der Waals surface area (Å²) in [7, 11) is 0. The molecule has 25 heavy (non-hydrogen) atoms. The third kappa shape index (κ3) is 5.30. The highest BCUT2D eigenvalue weighted by Gasteiger charge is 2.37. The summed E-state index contributed by atoms with van der Waals surface area (Å²) in [5.74, 6) is 0.0261. The fourth-order valence-corrected chi connectivity index (χ4v) is 3.27. The number of hydrogen-bond acceptors (Lipinski definition) is 3. The van der Waals surface area contributed by atoms with Crippen LogP contribution in [-0.2, 0) is 4.74 Å². The molecule has 138 valence electrons. The molecule has 2 rings (SSSR count). The Kier molecular flexibility index (Phi) is 6.59. The fraction of sp³-hybridized carbons (Fsp3) is 0.600. The van der Waals surface area contributed by atoms with Crippen LogP contribution in [0.15, 0.2) is 24.3 Å². The molecule has 1 aromatic rings. The van der Waals surface area contributed by atoms with Crippen LogP contribution in [0.5, 0.6) is 0 Å². The second-order valence-corrected chi connectivity index (χ2v) is 7.75. The van der Waals surface area contributed by atoms with Crippen LogP contribution in [-0.4, -0.2) is 37.6 Å². The maximum Gasteiger partial charge on any atom is 0.251 e. The zero-order valence-corrected chi connectivity index (χ0v) is 15.7. The van der Waals surface area contributed by atoms with Gasteiger partial charge in [0.05, 0.1) is 6.10 Å². The van der Waals surface area contributed by atoms with Crippen molar-refractivity contribution in [3.8, 4) is 0 Å². The van der Waals surface area contributed by atoms with Crippen molar-refractivity contribution in [3.63, 3.8) is 0 Å². The smallest absolute Gasteiger partial charge is 0.251 e. The van der Waals surface area contributed by atoms with Crippen molar-refractivity contribution >= 4 is 11.8 Å². The second kappa shape index (κ2) is 8.48. The van der Waals surface area contributed by atoms with E-state index in [9.17, 15) is 9.59 Å². The molecule has 2 atom stereocenters. The summed E-state index contributed by atoms with van der Waals surface area (Å²) in [6, 6.07) is 6.85. The summed E-state index contributed by atoms with van der Waals surface area (Å²) >= 11 is 0. The maximum atomic E-state index is 12.5. The monoisotopic (exact) mass is 346 g/mol. The zero-order chi connectivity index (χ0) is 18.4. The van der Waals surface area contributed by atoms with Crippen molar-refractivity contribution in [2.45, 2.75) is 46.6 Å². The van der Waals surface area contributed by atoms with Crippen LogP contribution in [0.1, 0.15) is 61.3 Å². The molecule has 0 radical (unpaired) electrons. The third-order valence-electron chi connectivity index (χ3n) is 4.52. The van der Waals surface area contributed by atoms with E-state index in [4.69, 9.17) is 4.74 Å². The molecule has 0 saturated carbocycles. The third-order valence-corrected chi connectivity index (χ3v) is 4.52. The Balaban J connectivity index is 1.96. The Morgan fingerprint density at radius 3 is 2.40 bits per heavy atom. The fourth-order valence-electron chi connectivity index (χ4n) is 3.27. The average Bonchev–Trinajstić information content (AvgIpc) is 3.06. The van der Waals surface area contributed by atoms with E-state index < -0.39 is 0 Å². The lowest BCUT2D eigenvalue weighted by molar-refractivity contribution is 0.00737. The van der Waals surface area contributed by atoms with Gasteiger partial charge in [-0.1, -0.05) is 33.8 Å². The van der Waals surface area contributed by atoms with Crippen LogP contribution in [0.3, 0.4) is 0 Å². The molecule has 2 unspecified atom stereocenters. The molecule has 5 nitrogen and oxygen atoms in total. The van der Waals surface area contributed by atoms with E-state index in [0.717, 1.165) is 19.4 Å². The van der Waals surface area contributed by atoms with Gasteiger partial charge in [0.15, 0.2) is 0 Å². The van der Waals surface area contributed by atoms with Crippen molar-refractivity contribution in [1.82, 2.24) is 10.6 Å². The lowest BCUT2D eigenvalue weighted by atomic mass is 9.81. The van der Waals surface area contributed by atoms with Crippen molar-refractivity contribution in [1.29, 1.82) is 0 Å². The van der Waals surface area contributed by atoms with E-state index in [-0.39, 0.29) is 23.3 Å². The SMILES string of the molecule is CCCNC(=O)c1cccc(C(=O)NCC2CCOC2C(C)(C)C)c1. The highest BCUT2D eigenvalue weighted by molar-refractivity contribution is 5.99. The first kappa shape index (κ1) is 19.4. The number of hydrogen-bond donors (Lipinski definition) is 2. The molecule has 1 aliphatic rings. The number of rotatable bonds is 6. The highest BCUT2D eigenvalue weighted by atomic mass is 16.5. The van der Waals surface area contributed by atoms with Gasteiger partial charge in [0, 0.05) is 36.7 Å². The summed E-state index contributed by atoms with van der Waals surface area (Å²) in [5.41, 5.74) is 1.08. The van der Waals surface area contributed by atoms with Gasteiger partial charge >= 0.3 is 0 Å². The molecule has 5 heteroatoms. The number of carbonyl (C=O) groups is 2. The standard InChI is InChI=1S/C20H30N2O3/c1-5-10-21-18(23)14-7-6-8-15(12-14)19(24)22-13-16-9-11-25-17(16)20(2,3)4/h6-8,12,16-17H,5,9-11,13H2,1-4H3,(H,21,23)(H,22,24). The summed E-state index contributed by atoms with van der Waals surface area (Å²) < 4.78 is 5.85. The van der Waals surface area contributed by atoms with Crippen LogP contribution >= 0.6 is 0 Å². The van der Waals surface area contributed by atoms with E-state index in [2.05, 4.69) is 31.4 Å². The first-order valence-corrected chi connectivity index (χ1v) is 9.11. The van der Waals surface area contributed by atoms with Crippen LogP contribution in [0.25, 0.3) is 0 Å². The van der Waals surface area contributed by atoms with E-state index >= 15 is 0 Å². The minimum Gasteiger partial charge on any atom is -0.377 e. The van der Waals surface area contributed by atoms with Gasteiger partial charge in [0.2, 0.25) is 0 Å². The Bertz CT molecular complexity index is 607. The first-order valence-electron chi connectivity index (χ1n) is 9.11. The van der Waals surface area contributed by atoms with E-state index in [1.165, 1.54) is 0 Å². The van der Waals surface area contributed by atoms with Gasteiger partial charge in [-0.3, -0.25) is 9.59 Å². The van der Waals surface area contributed by atoms with Crippen molar-refractivity contribution in [2.75, 3.05) is 19.7 Å². The Labute approximate surface area is 150 Å². The van der Waals surface area contributed by atoms with E-state index in [0.29, 0.717) is 30.1 Å². The van der Waals surface area contributed by atoms with Gasteiger partial charge in [0.1, 0.15) is 0 Å². The van der Waals surface area contributed by atoms with Crippen LogP contribution < -0.4 is 10.6 Å². The molecule has 2 N–H and O–H groups in total. The van der Waals surface area contributed by atoms with Gasteiger partial charge in [-0.05, 0) is 36.5 Å². The van der Waals surface area contributed by atoms with Crippen LogP contribution in [0, 0.1) is 11.3 Å². The number of amides is 2. The normalized spacial score (nSPS) is 20.3. The van der Waals surface area contributed by atoms with Gasteiger partial charge in [-0.2, -0.15) is 0 Å². The quantitative estimate of drug-likeness (QED) is 0.832. The summed E-state index contributed by atoms with van der Waals surface area (Å²) in [4.78, 5) is 24.5. The number of benzene rings is 1. The van der Waals surface area contributed by atoms with Gasteiger partial charge < -0.3 is 15.4 Å². The molecule has 0 aliphatic carbocycles. The molecular weight excluding hydrogens is 316 g/mol. The summed E-state index contributed by atoms with van der Waals surface area (Å²) in [6.07, 6.45) is 1.99. The van der Waals surface area contributed by atoms with E-state index in [1.54, 1.807) is 24.3 Å². The second-order valence-electron chi connectivity index (χ2n) is 7.75. The molecule has 0 spiro atoms. The van der Waals surface area contributed by atoms with Crippen LogP contribution in [0.2, 0.25) is 0 Å². The molecule has 1 saturated heterocycles. The molecule has 0 aromatic heterocycles. The van der Waals surface area contributed by atoms with Crippen molar-refractivity contribution in [3.05, 3.63) is 35.4 Å². The molecule has 0 bridgehead atoms. The average molecular weight is 346 g/mol. The summed E-state index contributed by atoms with van der Waals surface area (Å²) in [6.45, 7) is 10.5. The lowest BCUT2D eigenvalue weighted by Gasteiger charge is -2.31. The number of ether oxygens (including phenoxy) is 1. The van der Waals surface area contributed by atoms with Gasteiger partial charge in [-0.25, -0.2) is 0 Å². The topological polar surface area (TPSA) is 67.4 Å².